The molecule has 2 aromatic carbocycles. The lowest BCUT2D eigenvalue weighted by Gasteiger charge is -2.15. The molecule has 6 heteroatoms. The van der Waals surface area contributed by atoms with Crippen molar-refractivity contribution < 1.29 is 9.59 Å². The maximum Gasteiger partial charge on any atom is 0.266 e. The second-order valence-corrected chi connectivity index (χ2v) is 6.74. The fourth-order valence-electron chi connectivity index (χ4n) is 2.29. The van der Waals surface area contributed by atoms with Crippen LogP contribution in [0.5, 0.6) is 0 Å². The van der Waals surface area contributed by atoms with Gasteiger partial charge in [-0.1, -0.05) is 72.5 Å². The number of benzene rings is 2. The van der Waals surface area contributed by atoms with E-state index in [0.29, 0.717) is 4.32 Å². The van der Waals surface area contributed by atoms with Gasteiger partial charge in [-0.25, -0.2) is 0 Å². The lowest BCUT2D eigenvalue weighted by atomic mass is 10.1. The number of rotatable bonds is 4. The van der Waals surface area contributed by atoms with E-state index in [9.17, 15) is 9.59 Å². The Morgan fingerprint density at radius 3 is 2.35 bits per heavy atom. The molecule has 0 bridgehead atoms. The summed E-state index contributed by atoms with van der Waals surface area (Å²) in [6.45, 7) is 0. The van der Waals surface area contributed by atoms with Crippen molar-refractivity contribution in [3.8, 4) is 0 Å². The molecule has 0 radical (unpaired) electrons. The maximum absolute atomic E-state index is 12.5. The zero-order valence-corrected chi connectivity index (χ0v) is 13.8. The second kappa shape index (κ2) is 6.93. The highest BCUT2D eigenvalue weighted by atomic mass is 32.2. The van der Waals surface area contributed by atoms with Gasteiger partial charge in [0, 0.05) is 0 Å². The van der Waals surface area contributed by atoms with Crippen LogP contribution >= 0.6 is 24.0 Å². The van der Waals surface area contributed by atoms with Crippen molar-refractivity contribution in [2.45, 2.75) is 11.8 Å². The number of carbonyl (C=O) groups excluding carboxylic acids is 2. The third kappa shape index (κ3) is 3.60. The molecular weight excluding hydrogens is 328 g/mol. The number of para-hydroxylation sites is 1. The Hall–Kier alpha value is -2.18. The van der Waals surface area contributed by atoms with Crippen molar-refractivity contribution in [1.29, 1.82) is 0 Å². The average Bonchev–Trinajstić information content (AvgIpc) is 2.83. The summed E-state index contributed by atoms with van der Waals surface area (Å²) in [5.74, 6) is -0.410. The van der Waals surface area contributed by atoms with Crippen LogP contribution in [0.2, 0.25) is 0 Å². The highest BCUT2D eigenvalue weighted by molar-refractivity contribution is 8.25. The number of amides is 2. The van der Waals surface area contributed by atoms with E-state index in [-0.39, 0.29) is 18.2 Å². The number of nitrogens with zero attached hydrogens (tertiary/aromatic N) is 1. The Balaban J connectivity index is 1.67. The number of hydrogen-bond donors (Lipinski definition) is 1. The van der Waals surface area contributed by atoms with Gasteiger partial charge in [0.05, 0.1) is 12.1 Å². The maximum atomic E-state index is 12.5. The molecule has 1 N–H and O–H groups in total. The van der Waals surface area contributed by atoms with Crippen molar-refractivity contribution >= 4 is 45.8 Å². The molecule has 3 rings (SSSR count). The van der Waals surface area contributed by atoms with Gasteiger partial charge in [0.15, 0.2) is 5.37 Å². The van der Waals surface area contributed by atoms with Crippen molar-refractivity contribution in [2.75, 3.05) is 4.90 Å². The molecule has 2 aromatic rings. The Bertz CT molecular complexity index is 735. The van der Waals surface area contributed by atoms with Crippen LogP contribution in [-0.2, 0) is 16.0 Å². The SMILES string of the molecule is O=C(Cc1ccccc1)NC1SC(=S)N(c2ccccc2)C1=O. The van der Waals surface area contributed by atoms with Gasteiger partial charge in [-0.05, 0) is 17.7 Å². The van der Waals surface area contributed by atoms with Gasteiger partial charge in [0.25, 0.3) is 5.91 Å². The third-order valence-corrected chi connectivity index (χ3v) is 4.77. The van der Waals surface area contributed by atoms with E-state index in [2.05, 4.69) is 5.32 Å². The average molecular weight is 342 g/mol. The number of thiocarbonyl (C=S) groups is 1. The largest absolute Gasteiger partial charge is 0.335 e. The molecule has 1 aliphatic rings. The van der Waals surface area contributed by atoms with Crippen molar-refractivity contribution in [3.63, 3.8) is 0 Å². The van der Waals surface area contributed by atoms with Gasteiger partial charge in [-0.15, -0.1) is 0 Å². The summed E-state index contributed by atoms with van der Waals surface area (Å²) in [5.41, 5.74) is 1.62. The summed E-state index contributed by atoms with van der Waals surface area (Å²) in [6, 6.07) is 18.6. The van der Waals surface area contributed by atoms with Crippen LogP contribution in [0.3, 0.4) is 0 Å². The summed E-state index contributed by atoms with van der Waals surface area (Å²) in [4.78, 5) is 26.1. The van der Waals surface area contributed by atoms with Crippen molar-refractivity contribution in [2.24, 2.45) is 0 Å². The lowest BCUT2D eigenvalue weighted by Crippen LogP contribution is -2.41. The molecular formula is C17H14N2O2S2. The number of anilines is 1. The summed E-state index contributed by atoms with van der Waals surface area (Å²) in [5, 5.41) is 2.08. The molecule has 116 valence electrons. The summed E-state index contributed by atoms with van der Waals surface area (Å²) in [6.07, 6.45) is 0.239. The van der Waals surface area contributed by atoms with Crippen LogP contribution < -0.4 is 10.2 Å². The molecule has 0 aliphatic carbocycles. The molecule has 1 saturated heterocycles. The first kappa shape index (κ1) is 15.7. The molecule has 0 saturated carbocycles. The van der Waals surface area contributed by atoms with Crippen molar-refractivity contribution in [1.82, 2.24) is 5.32 Å². The molecule has 1 heterocycles. The zero-order valence-electron chi connectivity index (χ0n) is 12.1. The van der Waals surface area contributed by atoms with Crippen molar-refractivity contribution in [3.05, 3.63) is 66.2 Å². The van der Waals surface area contributed by atoms with Crippen LogP contribution in [0.4, 0.5) is 5.69 Å². The number of carbonyl (C=O) groups is 2. The quantitative estimate of drug-likeness (QED) is 0.868. The molecule has 1 fully saturated rings. The number of nitrogens with one attached hydrogen (secondary N) is 1. The van der Waals surface area contributed by atoms with E-state index in [1.807, 2.05) is 60.7 Å². The Morgan fingerprint density at radius 2 is 1.70 bits per heavy atom. The van der Waals surface area contributed by atoms with E-state index < -0.39 is 5.37 Å². The van der Waals surface area contributed by atoms with Gasteiger partial charge in [-0.3, -0.25) is 14.5 Å². The fourth-order valence-corrected chi connectivity index (χ4v) is 3.67. The normalized spacial score (nSPS) is 17.4. The predicted octanol–water partition coefficient (Wildman–Crippen LogP) is 2.74. The highest BCUT2D eigenvalue weighted by Crippen LogP contribution is 2.30. The summed E-state index contributed by atoms with van der Waals surface area (Å²) >= 11 is 6.47. The van der Waals surface area contributed by atoms with Gasteiger partial charge >= 0.3 is 0 Å². The number of hydrogen-bond acceptors (Lipinski definition) is 4. The topological polar surface area (TPSA) is 49.4 Å². The minimum Gasteiger partial charge on any atom is -0.335 e. The molecule has 1 aliphatic heterocycles. The lowest BCUT2D eigenvalue weighted by molar-refractivity contribution is -0.124. The fraction of sp³-hybridized carbons (Fsp3) is 0.118. The van der Waals surface area contributed by atoms with E-state index in [1.54, 1.807) is 0 Å². The van der Waals surface area contributed by atoms with E-state index in [4.69, 9.17) is 12.2 Å². The van der Waals surface area contributed by atoms with E-state index >= 15 is 0 Å². The van der Waals surface area contributed by atoms with Gasteiger partial charge in [-0.2, -0.15) is 0 Å². The molecule has 1 unspecified atom stereocenters. The molecule has 0 aromatic heterocycles. The Kier molecular flexibility index (Phi) is 4.73. The standard InChI is InChI=1S/C17H14N2O2S2/c20-14(11-12-7-3-1-4-8-12)18-15-16(21)19(17(22)23-15)13-9-5-2-6-10-13/h1-10,15H,11H2,(H,18,20). The van der Waals surface area contributed by atoms with Gasteiger partial charge in [0.2, 0.25) is 5.91 Å². The predicted molar refractivity (Wildman–Crippen MR) is 96.2 cm³/mol. The zero-order chi connectivity index (χ0) is 16.2. The molecule has 1 atom stereocenters. The first-order chi connectivity index (χ1) is 11.1. The van der Waals surface area contributed by atoms with Crippen LogP contribution in [0, 0.1) is 0 Å². The first-order valence-electron chi connectivity index (χ1n) is 7.08. The van der Waals surface area contributed by atoms with E-state index in [1.165, 1.54) is 16.7 Å². The van der Waals surface area contributed by atoms with Crippen LogP contribution in [0.1, 0.15) is 5.56 Å². The van der Waals surface area contributed by atoms with Crippen LogP contribution in [-0.4, -0.2) is 21.5 Å². The number of thioether (sulfide) groups is 1. The molecule has 4 nitrogen and oxygen atoms in total. The summed E-state index contributed by atoms with van der Waals surface area (Å²) in [7, 11) is 0. The summed E-state index contributed by atoms with van der Waals surface area (Å²) < 4.78 is 0.450. The van der Waals surface area contributed by atoms with Crippen LogP contribution in [0.25, 0.3) is 0 Å². The van der Waals surface area contributed by atoms with Gasteiger partial charge < -0.3 is 5.32 Å². The Labute approximate surface area is 143 Å². The Morgan fingerprint density at radius 1 is 1.09 bits per heavy atom. The highest BCUT2D eigenvalue weighted by Gasteiger charge is 2.38. The van der Waals surface area contributed by atoms with Gasteiger partial charge in [0.1, 0.15) is 4.32 Å². The minimum atomic E-state index is -0.668. The smallest absolute Gasteiger partial charge is 0.266 e. The third-order valence-electron chi connectivity index (χ3n) is 3.36. The molecule has 23 heavy (non-hydrogen) atoms. The molecule has 2 amide bonds. The second-order valence-electron chi connectivity index (χ2n) is 5.00. The first-order valence-corrected chi connectivity index (χ1v) is 8.37. The van der Waals surface area contributed by atoms with Crippen LogP contribution in [0.15, 0.2) is 60.7 Å². The minimum absolute atomic E-state index is 0.195. The van der Waals surface area contributed by atoms with E-state index in [0.717, 1.165) is 11.3 Å². The molecule has 0 spiro atoms. The monoisotopic (exact) mass is 342 g/mol.